The lowest BCUT2D eigenvalue weighted by molar-refractivity contribution is -0.128. The average Bonchev–Trinajstić information content (AvgIpc) is 2.78. The van der Waals surface area contributed by atoms with E-state index in [1.165, 1.54) is 0 Å². The molecular weight excluding hydrogens is 374 g/mol. The van der Waals surface area contributed by atoms with Gasteiger partial charge in [-0.15, -0.1) is 0 Å². The summed E-state index contributed by atoms with van der Waals surface area (Å²) in [6.07, 6.45) is 1.95. The summed E-state index contributed by atoms with van der Waals surface area (Å²) in [4.78, 5) is 13.0. The highest BCUT2D eigenvalue weighted by Crippen LogP contribution is 2.42. The van der Waals surface area contributed by atoms with Crippen LogP contribution in [0, 0.1) is 0 Å². The van der Waals surface area contributed by atoms with Gasteiger partial charge in [-0.05, 0) is 48.7 Å². The highest BCUT2D eigenvalue weighted by molar-refractivity contribution is 5.84. The molecule has 0 saturated heterocycles. The van der Waals surface area contributed by atoms with Gasteiger partial charge < -0.3 is 14.8 Å². The van der Waals surface area contributed by atoms with Crippen molar-refractivity contribution in [2.75, 3.05) is 0 Å². The normalized spacial score (nSPS) is 18.2. The molecule has 1 aliphatic rings. The van der Waals surface area contributed by atoms with Crippen LogP contribution in [0.4, 0.5) is 0 Å². The van der Waals surface area contributed by atoms with Gasteiger partial charge in [0, 0.05) is 12.0 Å². The lowest BCUT2D eigenvalue weighted by Crippen LogP contribution is -2.46. The minimum absolute atomic E-state index is 0.0926. The van der Waals surface area contributed by atoms with Crippen LogP contribution in [-0.4, -0.2) is 17.6 Å². The first kappa shape index (κ1) is 20.3. The fraction of sp³-hybridized carbons (Fsp3) is 0.346. The lowest BCUT2D eigenvalue weighted by Gasteiger charge is -2.41. The molecule has 0 saturated carbocycles. The van der Waals surface area contributed by atoms with Crippen molar-refractivity contribution in [3.8, 4) is 11.5 Å². The highest BCUT2D eigenvalue weighted by atomic mass is 16.5. The molecule has 0 aliphatic carbocycles. The lowest BCUT2D eigenvalue weighted by atomic mass is 9.83. The molecule has 2 unspecified atom stereocenters. The highest BCUT2D eigenvalue weighted by Gasteiger charge is 2.39. The Morgan fingerprint density at radius 2 is 1.77 bits per heavy atom. The van der Waals surface area contributed by atoms with Gasteiger partial charge >= 0.3 is 0 Å². The summed E-state index contributed by atoms with van der Waals surface area (Å²) in [5.41, 5.74) is 0.774. The van der Waals surface area contributed by atoms with E-state index in [1.54, 1.807) is 6.92 Å². The number of hydrogen-bond donors (Lipinski definition) is 1. The summed E-state index contributed by atoms with van der Waals surface area (Å²) in [6.45, 7) is 6.08. The summed E-state index contributed by atoms with van der Waals surface area (Å²) >= 11 is 0. The molecule has 3 aromatic rings. The number of carbonyl (C=O) groups excluding carboxylic acids is 1. The van der Waals surface area contributed by atoms with E-state index in [2.05, 4.69) is 25.2 Å². The molecule has 1 heterocycles. The Morgan fingerprint density at radius 1 is 1.07 bits per heavy atom. The van der Waals surface area contributed by atoms with Crippen molar-refractivity contribution in [3.05, 3.63) is 72.3 Å². The van der Waals surface area contributed by atoms with Crippen molar-refractivity contribution in [2.24, 2.45) is 0 Å². The number of ether oxygens (including phenoxy) is 2. The van der Waals surface area contributed by atoms with E-state index in [-0.39, 0.29) is 17.6 Å². The zero-order valence-corrected chi connectivity index (χ0v) is 17.9. The van der Waals surface area contributed by atoms with E-state index in [4.69, 9.17) is 9.47 Å². The molecule has 4 nitrogen and oxygen atoms in total. The monoisotopic (exact) mass is 403 g/mol. The summed E-state index contributed by atoms with van der Waals surface area (Å²) in [5.74, 6) is 1.44. The maximum Gasteiger partial charge on any atom is 0.261 e. The topological polar surface area (TPSA) is 47.6 Å². The van der Waals surface area contributed by atoms with Crippen LogP contribution in [0.1, 0.15) is 51.6 Å². The molecule has 0 fully saturated rings. The third-order valence-electron chi connectivity index (χ3n) is 6.21. The molecule has 0 spiro atoms. The van der Waals surface area contributed by atoms with Crippen LogP contribution in [-0.2, 0) is 4.79 Å². The van der Waals surface area contributed by atoms with Gasteiger partial charge in [0.2, 0.25) is 0 Å². The number of fused-ring (bicyclic) bond motifs is 2. The molecule has 4 heteroatoms. The van der Waals surface area contributed by atoms with E-state index in [9.17, 15) is 4.79 Å². The third-order valence-corrected chi connectivity index (χ3v) is 6.21. The number of carbonyl (C=O) groups is 1. The molecule has 1 N–H and O–H groups in total. The minimum atomic E-state index is -0.598. The molecule has 1 amide bonds. The van der Waals surface area contributed by atoms with Crippen molar-refractivity contribution < 1.29 is 14.3 Å². The number of nitrogens with one attached hydrogen (secondary N) is 1. The minimum Gasteiger partial charge on any atom is -0.487 e. The second-order valence-electron chi connectivity index (χ2n) is 8.06. The van der Waals surface area contributed by atoms with Crippen molar-refractivity contribution in [1.82, 2.24) is 5.32 Å². The van der Waals surface area contributed by atoms with E-state index in [0.29, 0.717) is 5.75 Å². The second-order valence-corrected chi connectivity index (χ2v) is 8.06. The van der Waals surface area contributed by atoms with Crippen molar-refractivity contribution >= 4 is 16.7 Å². The fourth-order valence-corrected chi connectivity index (χ4v) is 4.22. The quantitative estimate of drug-likeness (QED) is 0.565. The molecular formula is C26H29NO3. The molecule has 2 atom stereocenters. The molecule has 0 radical (unpaired) electrons. The van der Waals surface area contributed by atoms with Crippen LogP contribution in [0.5, 0.6) is 11.5 Å². The van der Waals surface area contributed by atoms with Gasteiger partial charge in [0.05, 0.1) is 6.04 Å². The Bertz CT molecular complexity index is 1040. The zero-order chi connectivity index (χ0) is 21.1. The van der Waals surface area contributed by atoms with Gasteiger partial charge in [-0.25, -0.2) is 0 Å². The van der Waals surface area contributed by atoms with E-state index < -0.39 is 6.10 Å². The molecule has 3 aromatic carbocycles. The second kappa shape index (κ2) is 8.39. The van der Waals surface area contributed by atoms with E-state index in [1.807, 2.05) is 60.7 Å². The van der Waals surface area contributed by atoms with Crippen LogP contribution < -0.4 is 14.8 Å². The number of rotatable bonds is 6. The molecule has 0 bridgehead atoms. The number of para-hydroxylation sites is 1. The summed E-state index contributed by atoms with van der Waals surface area (Å²) in [6, 6.07) is 21.9. The first-order valence-corrected chi connectivity index (χ1v) is 10.8. The van der Waals surface area contributed by atoms with Gasteiger partial charge in [0.1, 0.15) is 17.1 Å². The first-order valence-electron chi connectivity index (χ1n) is 10.8. The molecule has 1 aliphatic heterocycles. The number of hydrogen-bond acceptors (Lipinski definition) is 3. The SMILES string of the molecule is CCC1(CC)CC(NC(=O)C(C)Oc2ccc3ccccc3c2)c2ccccc2O1. The molecule has 4 rings (SSSR count). The Balaban J connectivity index is 1.50. The summed E-state index contributed by atoms with van der Waals surface area (Å²) in [5, 5.41) is 5.46. The van der Waals surface area contributed by atoms with Crippen molar-refractivity contribution in [1.29, 1.82) is 0 Å². The molecule has 30 heavy (non-hydrogen) atoms. The fourth-order valence-electron chi connectivity index (χ4n) is 4.22. The molecule has 156 valence electrons. The van der Waals surface area contributed by atoms with Crippen LogP contribution in [0.25, 0.3) is 10.8 Å². The van der Waals surface area contributed by atoms with Crippen LogP contribution in [0.3, 0.4) is 0 Å². The van der Waals surface area contributed by atoms with E-state index >= 15 is 0 Å². The molecule has 0 aromatic heterocycles. The zero-order valence-electron chi connectivity index (χ0n) is 17.9. The van der Waals surface area contributed by atoms with Gasteiger partial charge in [0.25, 0.3) is 5.91 Å². The Labute approximate surface area is 178 Å². The number of benzene rings is 3. The predicted molar refractivity (Wildman–Crippen MR) is 120 cm³/mol. The maximum atomic E-state index is 13.0. The van der Waals surface area contributed by atoms with Crippen LogP contribution >= 0.6 is 0 Å². The van der Waals surface area contributed by atoms with E-state index in [0.717, 1.165) is 41.3 Å². The largest absolute Gasteiger partial charge is 0.487 e. The maximum absolute atomic E-state index is 13.0. The van der Waals surface area contributed by atoms with Crippen LogP contribution in [0.15, 0.2) is 66.7 Å². The van der Waals surface area contributed by atoms with Crippen molar-refractivity contribution in [2.45, 2.75) is 57.8 Å². The Morgan fingerprint density at radius 3 is 2.53 bits per heavy atom. The smallest absolute Gasteiger partial charge is 0.261 e. The third kappa shape index (κ3) is 4.00. The summed E-state index contributed by atoms with van der Waals surface area (Å²) in [7, 11) is 0. The Kier molecular flexibility index (Phi) is 5.67. The summed E-state index contributed by atoms with van der Waals surface area (Å²) < 4.78 is 12.3. The Hall–Kier alpha value is -3.01. The first-order chi connectivity index (χ1) is 14.5. The van der Waals surface area contributed by atoms with Crippen molar-refractivity contribution in [3.63, 3.8) is 0 Å². The van der Waals surface area contributed by atoms with Gasteiger partial charge in [-0.3, -0.25) is 4.79 Å². The van der Waals surface area contributed by atoms with Gasteiger partial charge in [0.15, 0.2) is 6.10 Å². The number of amides is 1. The average molecular weight is 404 g/mol. The van der Waals surface area contributed by atoms with Gasteiger partial charge in [-0.2, -0.15) is 0 Å². The standard InChI is InChI=1S/C26H29NO3/c1-4-26(5-2)17-23(22-12-8-9-13-24(22)30-26)27-25(28)18(3)29-21-15-14-19-10-6-7-11-20(19)16-21/h6-16,18,23H,4-5,17H2,1-3H3,(H,27,28). The predicted octanol–water partition coefficient (Wildman–Crippen LogP) is 5.81. The van der Waals surface area contributed by atoms with Gasteiger partial charge in [-0.1, -0.05) is 62.4 Å². The van der Waals surface area contributed by atoms with Crippen LogP contribution in [0.2, 0.25) is 0 Å².